The highest BCUT2D eigenvalue weighted by Gasteiger charge is 2.29. The van der Waals surface area contributed by atoms with Crippen LogP contribution < -0.4 is 10.6 Å². The van der Waals surface area contributed by atoms with Gasteiger partial charge in [0.1, 0.15) is 0 Å². The van der Waals surface area contributed by atoms with Gasteiger partial charge in [0.25, 0.3) is 0 Å². The smallest absolute Gasteiger partial charge is 0.239 e. The molecule has 0 saturated carbocycles. The van der Waals surface area contributed by atoms with Crippen LogP contribution in [-0.4, -0.2) is 36.6 Å². The van der Waals surface area contributed by atoms with E-state index in [1.807, 2.05) is 13.8 Å². The molecule has 2 N–H and O–H groups in total. The fourth-order valence-electron chi connectivity index (χ4n) is 1.84. The van der Waals surface area contributed by atoms with E-state index >= 15 is 0 Å². The molecule has 1 fully saturated rings. The van der Waals surface area contributed by atoms with E-state index < -0.39 is 0 Å². The van der Waals surface area contributed by atoms with Gasteiger partial charge in [0, 0.05) is 19.6 Å². The highest BCUT2D eigenvalue weighted by atomic mass is 16.5. The van der Waals surface area contributed by atoms with Gasteiger partial charge < -0.3 is 15.4 Å². The van der Waals surface area contributed by atoms with Gasteiger partial charge in [-0.25, -0.2) is 0 Å². The first-order valence-electron chi connectivity index (χ1n) is 5.57. The maximum Gasteiger partial charge on any atom is 0.239 e. The van der Waals surface area contributed by atoms with Crippen LogP contribution in [0.5, 0.6) is 0 Å². The molecule has 1 saturated heterocycles. The second-order valence-corrected chi connectivity index (χ2v) is 4.78. The van der Waals surface area contributed by atoms with Gasteiger partial charge >= 0.3 is 0 Å². The maximum absolute atomic E-state index is 11.5. The summed E-state index contributed by atoms with van der Waals surface area (Å²) in [6, 6.07) is 0.144. The van der Waals surface area contributed by atoms with Crippen LogP contribution >= 0.6 is 0 Å². The molecule has 1 aliphatic heterocycles. The molecular formula is C11H20N2O3. The zero-order chi connectivity index (χ0) is 12.2. The summed E-state index contributed by atoms with van der Waals surface area (Å²) in [5.41, 5.74) is -0.176. The molecule has 1 aliphatic rings. The summed E-state index contributed by atoms with van der Waals surface area (Å²) in [7, 11) is 0. The van der Waals surface area contributed by atoms with Gasteiger partial charge in [-0.15, -0.1) is 0 Å². The van der Waals surface area contributed by atoms with Crippen molar-refractivity contribution in [1.29, 1.82) is 0 Å². The Bertz CT molecular complexity index is 276. The fraction of sp³-hybridized carbons (Fsp3) is 0.818. The van der Waals surface area contributed by atoms with Crippen LogP contribution in [0.1, 0.15) is 33.6 Å². The Hall–Kier alpha value is -1.10. The first kappa shape index (κ1) is 13.0. The van der Waals surface area contributed by atoms with Crippen LogP contribution in [0.3, 0.4) is 0 Å². The van der Waals surface area contributed by atoms with Crippen molar-refractivity contribution in [2.45, 2.75) is 45.3 Å². The maximum atomic E-state index is 11.5. The molecule has 0 spiro atoms. The van der Waals surface area contributed by atoms with E-state index in [1.165, 1.54) is 6.92 Å². The van der Waals surface area contributed by atoms with E-state index in [4.69, 9.17) is 4.74 Å². The number of carbonyl (C=O) groups excluding carboxylic acids is 2. The van der Waals surface area contributed by atoms with Gasteiger partial charge in [0.05, 0.1) is 12.1 Å². The van der Waals surface area contributed by atoms with Gasteiger partial charge in [-0.3, -0.25) is 9.59 Å². The average Bonchev–Trinajstić information content (AvgIpc) is 2.13. The summed E-state index contributed by atoms with van der Waals surface area (Å²) in [5.74, 6) is -0.333. The molecule has 1 unspecified atom stereocenters. The minimum absolute atomic E-state index is 0.0487. The minimum Gasteiger partial charge on any atom is -0.375 e. The van der Waals surface area contributed by atoms with Crippen LogP contribution in [0.2, 0.25) is 0 Å². The lowest BCUT2D eigenvalue weighted by molar-refractivity contribution is -0.127. The van der Waals surface area contributed by atoms with Crippen LogP contribution in [0.4, 0.5) is 0 Å². The summed E-state index contributed by atoms with van der Waals surface area (Å²) in [6.07, 6.45) is 1.63. The summed E-state index contributed by atoms with van der Waals surface area (Å²) < 4.78 is 5.55. The summed E-state index contributed by atoms with van der Waals surface area (Å²) in [4.78, 5) is 22.1. The fourth-order valence-corrected chi connectivity index (χ4v) is 1.84. The lowest BCUT2D eigenvalue weighted by atomic mass is 9.94. The normalized spacial score (nSPS) is 23.6. The van der Waals surface area contributed by atoms with Crippen molar-refractivity contribution in [3.8, 4) is 0 Å². The van der Waals surface area contributed by atoms with E-state index in [0.29, 0.717) is 6.61 Å². The Morgan fingerprint density at radius 1 is 1.44 bits per heavy atom. The molecule has 0 aromatic heterocycles. The third-order valence-corrected chi connectivity index (χ3v) is 2.56. The van der Waals surface area contributed by atoms with Gasteiger partial charge in [-0.2, -0.15) is 0 Å². The van der Waals surface area contributed by atoms with Crippen LogP contribution in [0, 0.1) is 0 Å². The van der Waals surface area contributed by atoms with Gasteiger partial charge in [-0.1, -0.05) is 0 Å². The zero-order valence-corrected chi connectivity index (χ0v) is 10.1. The number of nitrogens with one attached hydrogen (secondary N) is 2. The van der Waals surface area contributed by atoms with Crippen LogP contribution in [0.15, 0.2) is 0 Å². The van der Waals surface area contributed by atoms with Gasteiger partial charge in [0.15, 0.2) is 0 Å². The van der Waals surface area contributed by atoms with Crippen molar-refractivity contribution in [1.82, 2.24) is 10.6 Å². The molecule has 0 aromatic carbocycles. The quantitative estimate of drug-likeness (QED) is 0.725. The van der Waals surface area contributed by atoms with Crippen molar-refractivity contribution >= 4 is 11.8 Å². The van der Waals surface area contributed by atoms with Crippen LogP contribution in [0.25, 0.3) is 0 Å². The number of hydrogen-bond donors (Lipinski definition) is 2. The topological polar surface area (TPSA) is 67.4 Å². The zero-order valence-electron chi connectivity index (χ0n) is 10.1. The Kier molecular flexibility index (Phi) is 4.29. The summed E-state index contributed by atoms with van der Waals surface area (Å²) >= 11 is 0. The molecule has 0 bridgehead atoms. The molecule has 1 atom stereocenters. The molecule has 5 nitrogen and oxygen atoms in total. The van der Waals surface area contributed by atoms with Gasteiger partial charge in [-0.05, 0) is 26.7 Å². The lowest BCUT2D eigenvalue weighted by Crippen LogP contribution is -2.48. The Morgan fingerprint density at radius 2 is 2.12 bits per heavy atom. The predicted octanol–water partition coefficient (Wildman–Crippen LogP) is 0.196. The monoisotopic (exact) mass is 228 g/mol. The van der Waals surface area contributed by atoms with Crippen molar-refractivity contribution in [2.24, 2.45) is 0 Å². The Morgan fingerprint density at radius 3 is 2.69 bits per heavy atom. The summed E-state index contributed by atoms with van der Waals surface area (Å²) in [6.45, 7) is 6.13. The molecule has 2 amide bonds. The first-order valence-corrected chi connectivity index (χ1v) is 5.57. The largest absolute Gasteiger partial charge is 0.375 e. The molecular weight excluding hydrogens is 208 g/mol. The molecule has 0 radical (unpaired) electrons. The highest BCUT2D eigenvalue weighted by molar-refractivity contribution is 5.83. The number of amides is 2. The predicted molar refractivity (Wildman–Crippen MR) is 59.9 cm³/mol. The lowest BCUT2D eigenvalue weighted by Gasteiger charge is -2.35. The third-order valence-electron chi connectivity index (χ3n) is 2.56. The van der Waals surface area contributed by atoms with Gasteiger partial charge in [0.2, 0.25) is 11.8 Å². The standard InChI is InChI=1S/C11H20N2O3/c1-8(14)12-7-10(15)13-9-4-5-16-11(2,3)6-9/h9H,4-7H2,1-3H3,(H,12,14)(H,13,15). The SMILES string of the molecule is CC(=O)NCC(=O)NC1CCOC(C)(C)C1. The second kappa shape index (κ2) is 5.30. The van der Waals surface area contributed by atoms with Crippen molar-refractivity contribution in [3.63, 3.8) is 0 Å². The Labute approximate surface area is 95.9 Å². The molecule has 16 heavy (non-hydrogen) atoms. The molecule has 1 heterocycles. The first-order chi connectivity index (χ1) is 7.39. The molecule has 0 aliphatic carbocycles. The average molecular weight is 228 g/mol. The molecule has 5 heteroatoms. The van der Waals surface area contributed by atoms with Crippen molar-refractivity contribution < 1.29 is 14.3 Å². The van der Waals surface area contributed by atoms with E-state index in [0.717, 1.165) is 12.8 Å². The summed E-state index contributed by atoms with van der Waals surface area (Å²) in [5, 5.41) is 5.37. The number of rotatable bonds is 3. The van der Waals surface area contributed by atoms with Crippen molar-refractivity contribution in [2.75, 3.05) is 13.2 Å². The van der Waals surface area contributed by atoms with E-state index in [1.54, 1.807) is 0 Å². The number of hydrogen-bond acceptors (Lipinski definition) is 3. The van der Waals surface area contributed by atoms with E-state index in [2.05, 4.69) is 10.6 Å². The highest BCUT2D eigenvalue weighted by Crippen LogP contribution is 2.23. The second-order valence-electron chi connectivity index (χ2n) is 4.78. The molecule has 92 valence electrons. The van der Waals surface area contributed by atoms with E-state index in [9.17, 15) is 9.59 Å². The number of ether oxygens (including phenoxy) is 1. The van der Waals surface area contributed by atoms with Crippen molar-refractivity contribution in [3.05, 3.63) is 0 Å². The molecule has 0 aromatic rings. The van der Waals surface area contributed by atoms with E-state index in [-0.39, 0.29) is 30.0 Å². The molecule has 1 rings (SSSR count). The number of carbonyl (C=O) groups is 2. The third kappa shape index (κ3) is 4.61. The minimum atomic E-state index is -0.192. The Balaban J connectivity index is 2.31. The van der Waals surface area contributed by atoms with Crippen LogP contribution in [-0.2, 0) is 14.3 Å².